The molecule has 35 heavy (non-hydrogen) atoms. The van der Waals surface area contributed by atoms with E-state index in [-0.39, 0.29) is 11.3 Å². The summed E-state index contributed by atoms with van der Waals surface area (Å²) in [5, 5.41) is 11.2. The molecule has 2 fully saturated rings. The van der Waals surface area contributed by atoms with E-state index in [0.29, 0.717) is 50.0 Å². The Morgan fingerprint density at radius 2 is 1.80 bits per heavy atom. The largest absolute Gasteiger partial charge is 0.507 e. The molecule has 0 spiro atoms. The Kier molecular flexibility index (Phi) is 8.05. The number of rotatable bonds is 9. The molecular weight excluding hydrogens is 448 g/mol. The molecule has 2 aromatic carbocycles. The molecule has 2 aliphatic heterocycles. The number of carbonyl (C=O) groups excluding carboxylic acids is 2. The second-order valence-corrected chi connectivity index (χ2v) is 8.60. The minimum Gasteiger partial charge on any atom is -0.507 e. The first-order chi connectivity index (χ1) is 17.0. The van der Waals surface area contributed by atoms with Crippen molar-refractivity contribution >= 4 is 17.4 Å². The Bertz CT molecular complexity index is 1080. The van der Waals surface area contributed by atoms with E-state index >= 15 is 0 Å². The minimum absolute atomic E-state index is 0.0763. The summed E-state index contributed by atoms with van der Waals surface area (Å²) in [6.45, 7) is 6.47. The van der Waals surface area contributed by atoms with Gasteiger partial charge < -0.3 is 24.2 Å². The standard InChI is InChI=1S/C27H32N2O6/c1-3-15-35-21-9-7-19(8-10-21)24-23(25(30)20-5-4-6-22(18-20)33-2)26(31)27(32)29(24)12-11-28-13-16-34-17-14-28/h4-10,18,24,30H,3,11-17H2,1-2H3. The fraction of sp³-hybridized carbons (Fsp3) is 0.407. The summed E-state index contributed by atoms with van der Waals surface area (Å²) in [7, 11) is 1.53. The first-order valence-corrected chi connectivity index (χ1v) is 12.0. The van der Waals surface area contributed by atoms with Gasteiger partial charge in [0.05, 0.1) is 38.5 Å². The van der Waals surface area contributed by atoms with Gasteiger partial charge in [0.25, 0.3) is 11.7 Å². The summed E-state index contributed by atoms with van der Waals surface area (Å²) in [4.78, 5) is 30.2. The smallest absolute Gasteiger partial charge is 0.295 e. The predicted octanol–water partition coefficient (Wildman–Crippen LogP) is 3.24. The second kappa shape index (κ2) is 11.4. The average Bonchev–Trinajstić information content (AvgIpc) is 3.16. The normalized spacial score (nSPS) is 20.3. The van der Waals surface area contributed by atoms with Gasteiger partial charge in [-0.3, -0.25) is 14.5 Å². The monoisotopic (exact) mass is 480 g/mol. The van der Waals surface area contributed by atoms with Crippen molar-refractivity contribution in [3.05, 3.63) is 65.2 Å². The zero-order valence-electron chi connectivity index (χ0n) is 20.2. The maximum Gasteiger partial charge on any atom is 0.295 e. The van der Waals surface area contributed by atoms with Crippen LogP contribution in [0, 0.1) is 0 Å². The predicted molar refractivity (Wildman–Crippen MR) is 131 cm³/mol. The number of hydrogen-bond donors (Lipinski definition) is 1. The maximum absolute atomic E-state index is 13.2. The van der Waals surface area contributed by atoms with Gasteiger partial charge >= 0.3 is 0 Å². The number of carbonyl (C=O) groups is 2. The minimum atomic E-state index is -0.706. The Hall–Kier alpha value is -3.36. The molecule has 2 heterocycles. The van der Waals surface area contributed by atoms with Crippen molar-refractivity contribution in [2.24, 2.45) is 0 Å². The molecule has 2 saturated heterocycles. The molecule has 0 aliphatic carbocycles. The van der Waals surface area contributed by atoms with Gasteiger partial charge in [-0.2, -0.15) is 0 Å². The quantitative estimate of drug-likeness (QED) is 0.335. The van der Waals surface area contributed by atoms with Gasteiger partial charge in [0.15, 0.2) is 0 Å². The molecule has 8 nitrogen and oxygen atoms in total. The summed E-state index contributed by atoms with van der Waals surface area (Å²) in [6, 6.07) is 13.5. The number of methoxy groups -OCH3 is 1. The number of aliphatic hydroxyl groups excluding tert-OH is 1. The molecule has 0 bridgehead atoms. The second-order valence-electron chi connectivity index (χ2n) is 8.60. The summed E-state index contributed by atoms with van der Waals surface area (Å²) in [5.41, 5.74) is 1.23. The summed E-state index contributed by atoms with van der Waals surface area (Å²) in [5.74, 6) is -0.256. The molecule has 2 aromatic rings. The zero-order chi connectivity index (χ0) is 24.8. The van der Waals surface area contributed by atoms with Crippen molar-refractivity contribution in [1.29, 1.82) is 0 Å². The van der Waals surface area contributed by atoms with E-state index in [1.54, 1.807) is 29.2 Å². The van der Waals surface area contributed by atoms with Crippen LogP contribution in [0.25, 0.3) is 5.76 Å². The number of morpholine rings is 1. The lowest BCUT2D eigenvalue weighted by Crippen LogP contribution is -2.42. The highest BCUT2D eigenvalue weighted by molar-refractivity contribution is 6.46. The van der Waals surface area contributed by atoms with E-state index in [4.69, 9.17) is 14.2 Å². The molecular formula is C27H32N2O6. The summed E-state index contributed by atoms with van der Waals surface area (Å²) < 4.78 is 16.4. The van der Waals surface area contributed by atoms with E-state index < -0.39 is 17.7 Å². The number of ether oxygens (including phenoxy) is 3. The highest BCUT2D eigenvalue weighted by atomic mass is 16.5. The number of likely N-dealkylation sites (tertiary alicyclic amines) is 1. The molecule has 1 unspecified atom stereocenters. The average molecular weight is 481 g/mol. The highest BCUT2D eigenvalue weighted by Crippen LogP contribution is 2.40. The van der Waals surface area contributed by atoms with Crippen LogP contribution in [-0.2, 0) is 14.3 Å². The number of hydrogen-bond acceptors (Lipinski definition) is 7. The van der Waals surface area contributed by atoms with Crippen molar-refractivity contribution in [2.75, 3.05) is 53.1 Å². The van der Waals surface area contributed by atoms with Gasteiger partial charge in [0, 0.05) is 31.7 Å². The van der Waals surface area contributed by atoms with Gasteiger partial charge in [-0.05, 0) is 36.2 Å². The van der Waals surface area contributed by atoms with Crippen molar-refractivity contribution in [2.45, 2.75) is 19.4 Å². The third-order valence-corrected chi connectivity index (χ3v) is 6.31. The van der Waals surface area contributed by atoms with E-state index in [0.717, 1.165) is 25.1 Å². The SMILES string of the molecule is CCCOc1ccc(C2C(=C(O)c3cccc(OC)c3)C(=O)C(=O)N2CCN2CCOCC2)cc1. The maximum atomic E-state index is 13.2. The van der Waals surface area contributed by atoms with Gasteiger partial charge in [0.1, 0.15) is 17.3 Å². The van der Waals surface area contributed by atoms with Gasteiger partial charge in [0.2, 0.25) is 0 Å². The van der Waals surface area contributed by atoms with Crippen LogP contribution in [0.15, 0.2) is 54.1 Å². The van der Waals surface area contributed by atoms with Crippen LogP contribution < -0.4 is 9.47 Å². The Morgan fingerprint density at radius 1 is 1.06 bits per heavy atom. The molecule has 1 N–H and O–H groups in total. The van der Waals surface area contributed by atoms with Crippen LogP contribution in [0.3, 0.4) is 0 Å². The van der Waals surface area contributed by atoms with Gasteiger partial charge in [-0.25, -0.2) is 0 Å². The number of benzene rings is 2. The fourth-order valence-corrected chi connectivity index (χ4v) is 4.42. The van der Waals surface area contributed by atoms with E-state index in [1.807, 2.05) is 31.2 Å². The number of ketones is 1. The van der Waals surface area contributed by atoms with E-state index in [1.165, 1.54) is 7.11 Å². The van der Waals surface area contributed by atoms with Gasteiger partial charge in [-0.15, -0.1) is 0 Å². The molecule has 2 aliphatic rings. The lowest BCUT2D eigenvalue weighted by atomic mass is 9.95. The first-order valence-electron chi connectivity index (χ1n) is 12.0. The summed E-state index contributed by atoms with van der Waals surface area (Å²) >= 11 is 0. The number of Topliss-reactive ketones (excluding diaryl/α,β-unsaturated/α-hetero) is 1. The molecule has 0 aromatic heterocycles. The van der Waals surface area contributed by atoms with Crippen molar-refractivity contribution in [3.8, 4) is 11.5 Å². The van der Waals surface area contributed by atoms with E-state index in [2.05, 4.69) is 4.90 Å². The van der Waals surface area contributed by atoms with Crippen LogP contribution in [0.4, 0.5) is 0 Å². The lowest BCUT2D eigenvalue weighted by Gasteiger charge is -2.31. The Labute approximate surface area is 205 Å². The molecule has 0 radical (unpaired) electrons. The molecule has 186 valence electrons. The molecule has 1 atom stereocenters. The van der Waals surface area contributed by atoms with Crippen LogP contribution in [0.2, 0.25) is 0 Å². The molecule has 4 rings (SSSR count). The van der Waals surface area contributed by atoms with Crippen molar-refractivity contribution in [1.82, 2.24) is 9.80 Å². The third kappa shape index (κ3) is 5.49. The van der Waals surface area contributed by atoms with Crippen LogP contribution >= 0.6 is 0 Å². The fourth-order valence-electron chi connectivity index (χ4n) is 4.42. The topological polar surface area (TPSA) is 88.5 Å². The van der Waals surface area contributed by atoms with Gasteiger partial charge in [-0.1, -0.05) is 31.2 Å². The number of amides is 1. The molecule has 8 heteroatoms. The lowest BCUT2D eigenvalue weighted by molar-refractivity contribution is -0.140. The van der Waals surface area contributed by atoms with Crippen LogP contribution in [0.1, 0.15) is 30.5 Å². The zero-order valence-corrected chi connectivity index (χ0v) is 20.2. The van der Waals surface area contributed by atoms with E-state index in [9.17, 15) is 14.7 Å². The highest BCUT2D eigenvalue weighted by Gasteiger charge is 2.46. The Morgan fingerprint density at radius 3 is 2.49 bits per heavy atom. The molecule has 1 amide bonds. The van der Waals surface area contributed by atoms with Crippen molar-refractivity contribution in [3.63, 3.8) is 0 Å². The van der Waals surface area contributed by atoms with Crippen LogP contribution in [-0.4, -0.2) is 79.7 Å². The van der Waals surface area contributed by atoms with Crippen molar-refractivity contribution < 1.29 is 28.9 Å². The third-order valence-electron chi connectivity index (χ3n) is 6.31. The van der Waals surface area contributed by atoms with Crippen LogP contribution in [0.5, 0.6) is 11.5 Å². The number of nitrogens with zero attached hydrogens (tertiary/aromatic N) is 2. The molecule has 0 saturated carbocycles. The number of aliphatic hydroxyl groups is 1. The summed E-state index contributed by atoms with van der Waals surface area (Å²) in [6.07, 6.45) is 0.893. The Balaban J connectivity index is 1.71. The first kappa shape index (κ1) is 24.8.